The molecule has 9 aromatic carbocycles. The van der Waals surface area contributed by atoms with Gasteiger partial charge in [0.25, 0.3) is 0 Å². The summed E-state index contributed by atoms with van der Waals surface area (Å²) in [4.78, 5) is 2.39. The van der Waals surface area contributed by atoms with Crippen molar-refractivity contribution in [1.82, 2.24) is 0 Å². The Hall–Kier alpha value is -6.70. The zero-order valence-electron chi connectivity index (χ0n) is 28.5. The lowest BCUT2D eigenvalue weighted by atomic mass is 9.70. The number of para-hydroxylation sites is 1. The van der Waals surface area contributed by atoms with Crippen molar-refractivity contribution < 1.29 is 0 Å². The minimum absolute atomic E-state index is 0.408. The quantitative estimate of drug-likeness (QED) is 0.182. The molecule has 9 aromatic rings. The minimum atomic E-state index is -0.408. The fourth-order valence-corrected chi connectivity index (χ4v) is 9.26. The standard InChI is InChI=1S/C51H33N/c1-3-14-34(15-4-1)36-17-13-20-40(30-36)52(39-18-5-2-6-19-39)41-28-26-37-32-45-49(33-38(37)31-41)51(48-29-27-35-16-7-8-21-42(35)50(45)48)46-24-11-9-22-43(46)44-23-10-12-25-47(44)51/h1-33H. The van der Waals surface area contributed by atoms with Gasteiger partial charge < -0.3 is 4.90 Å². The summed E-state index contributed by atoms with van der Waals surface area (Å²) in [6, 6.07) is 74.0. The van der Waals surface area contributed by atoms with Crippen LogP contribution in [-0.4, -0.2) is 0 Å². The molecule has 0 saturated carbocycles. The van der Waals surface area contributed by atoms with Crippen LogP contribution in [0.1, 0.15) is 22.3 Å². The van der Waals surface area contributed by atoms with E-state index in [9.17, 15) is 0 Å². The number of rotatable bonds is 4. The summed E-state index contributed by atoms with van der Waals surface area (Å²) in [5.74, 6) is 0. The van der Waals surface area contributed by atoms with Crippen LogP contribution in [0.4, 0.5) is 17.1 Å². The summed E-state index contributed by atoms with van der Waals surface area (Å²) < 4.78 is 0. The molecule has 0 radical (unpaired) electrons. The van der Waals surface area contributed by atoms with Gasteiger partial charge in [-0.05, 0) is 126 Å². The number of nitrogens with zero attached hydrogens (tertiary/aromatic N) is 1. The molecule has 2 aliphatic carbocycles. The average molecular weight is 660 g/mol. The van der Waals surface area contributed by atoms with Crippen LogP contribution in [0.15, 0.2) is 200 Å². The molecule has 1 spiro atoms. The summed E-state index contributed by atoms with van der Waals surface area (Å²) >= 11 is 0. The third-order valence-electron chi connectivity index (χ3n) is 11.4. The number of anilines is 3. The normalized spacial score (nSPS) is 13.2. The zero-order valence-corrected chi connectivity index (χ0v) is 28.5. The lowest BCUT2D eigenvalue weighted by Crippen LogP contribution is -2.25. The maximum absolute atomic E-state index is 2.51. The van der Waals surface area contributed by atoms with Crippen molar-refractivity contribution in [2.75, 3.05) is 4.90 Å². The van der Waals surface area contributed by atoms with Crippen LogP contribution in [0.2, 0.25) is 0 Å². The predicted molar refractivity (Wildman–Crippen MR) is 218 cm³/mol. The van der Waals surface area contributed by atoms with E-state index in [-0.39, 0.29) is 0 Å². The first-order valence-corrected chi connectivity index (χ1v) is 18.1. The first-order chi connectivity index (χ1) is 25.8. The maximum atomic E-state index is 2.51. The molecule has 2 aliphatic rings. The third kappa shape index (κ3) is 4.05. The Balaban J connectivity index is 1.18. The van der Waals surface area contributed by atoms with Gasteiger partial charge in [0, 0.05) is 17.1 Å². The smallest absolute Gasteiger partial charge is 0.0725 e. The highest BCUT2D eigenvalue weighted by atomic mass is 15.1. The number of benzene rings is 9. The third-order valence-corrected chi connectivity index (χ3v) is 11.4. The van der Waals surface area contributed by atoms with E-state index in [1.165, 1.54) is 77.2 Å². The molecule has 0 aromatic heterocycles. The molecule has 1 nitrogen and oxygen atoms in total. The second-order valence-corrected chi connectivity index (χ2v) is 14.1. The largest absolute Gasteiger partial charge is 0.310 e. The van der Waals surface area contributed by atoms with Gasteiger partial charge in [-0.25, -0.2) is 0 Å². The van der Waals surface area contributed by atoms with E-state index in [1.54, 1.807) is 0 Å². The van der Waals surface area contributed by atoms with Crippen LogP contribution < -0.4 is 4.90 Å². The SMILES string of the molecule is c1ccc(-c2cccc(N(c3ccccc3)c3ccc4cc5c(cc4c3)C3(c4ccccc4-c4ccccc43)c3ccc4ccccc4c3-5)c2)cc1. The maximum Gasteiger partial charge on any atom is 0.0725 e. The van der Waals surface area contributed by atoms with Crippen molar-refractivity contribution in [2.45, 2.75) is 5.41 Å². The van der Waals surface area contributed by atoms with Gasteiger partial charge in [-0.2, -0.15) is 0 Å². The van der Waals surface area contributed by atoms with E-state index in [1.807, 2.05) is 0 Å². The van der Waals surface area contributed by atoms with Gasteiger partial charge in [-0.15, -0.1) is 0 Å². The van der Waals surface area contributed by atoms with Crippen molar-refractivity contribution in [3.8, 4) is 33.4 Å². The summed E-state index contributed by atoms with van der Waals surface area (Å²) in [6.07, 6.45) is 0. The van der Waals surface area contributed by atoms with Gasteiger partial charge in [-0.3, -0.25) is 0 Å². The summed E-state index contributed by atoms with van der Waals surface area (Å²) in [6.45, 7) is 0. The molecule has 0 fully saturated rings. The molecule has 0 atom stereocenters. The van der Waals surface area contributed by atoms with Gasteiger partial charge in [0.1, 0.15) is 0 Å². The fourth-order valence-electron chi connectivity index (χ4n) is 9.26. The van der Waals surface area contributed by atoms with Crippen LogP contribution in [0.5, 0.6) is 0 Å². The van der Waals surface area contributed by atoms with Gasteiger partial charge in [0.2, 0.25) is 0 Å². The van der Waals surface area contributed by atoms with Crippen LogP contribution in [0.25, 0.3) is 54.9 Å². The summed E-state index contributed by atoms with van der Waals surface area (Å²) in [5, 5.41) is 5.05. The Morgan fingerprint density at radius 3 is 1.71 bits per heavy atom. The predicted octanol–water partition coefficient (Wildman–Crippen LogP) is 13.5. The van der Waals surface area contributed by atoms with Crippen LogP contribution in [0.3, 0.4) is 0 Å². The molecule has 0 aliphatic heterocycles. The van der Waals surface area contributed by atoms with Gasteiger partial charge in [0.05, 0.1) is 5.41 Å². The van der Waals surface area contributed by atoms with Crippen LogP contribution in [-0.2, 0) is 5.41 Å². The lowest BCUT2D eigenvalue weighted by molar-refractivity contribution is 0.795. The lowest BCUT2D eigenvalue weighted by Gasteiger charge is -2.31. The summed E-state index contributed by atoms with van der Waals surface area (Å²) in [7, 11) is 0. The van der Waals surface area contributed by atoms with E-state index in [4.69, 9.17) is 0 Å². The Labute approximate surface area is 303 Å². The first kappa shape index (κ1) is 29.1. The molecule has 11 rings (SSSR count). The van der Waals surface area contributed by atoms with Crippen molar-refractivity contribution in [2.24, 2.45) is 0 Å². The average Bonchev–Trinajstić information content (AvgIpc) is 3.68. The van der Waals surface area contributed by atoms with Gasteiger partial charge >= 0.3 is 0 Å². The van der Waals surface area contributed by atoms with Crippen LogP contribution >= 0.6 is 0 Å². The molecule has 0 saturated heterocycles. The molecule has 0 amide bonds. The van der Waals surface area contributed by atoms with Crippen LogP contribution in [0, 0.1) is 0 Å². The number of fused-ring (bicyclic) bond motifs is 13. The van der Waals surface area contributed by atoms with E-state index >= 15 is 0 Å². The molecule has 0 heterocycles. The Kier molecular flexibility index (Phi) is 6.23. The highest BCUT2D eigenvalue weighted by molar-refractivity contribution is 6.09. The molecule has 0 N–H and O–H groups in total. The first-order valence-electron chi connectivity index (χ1n) is 18.1. The molecule has 0 unspecified atom stereocenters. The molecule has 242 valence electrons. The molecule has 52 heavy (non-hydrogen) atoms. The molecular formula is C51H33N. The van der Waals surface area contributed by atoms with Crippen molar-refractivity contribution in [3.05, 3.63) is 222 Å². The highest BCUT2D eigenvalue weighted by Gasteiger charge is 2.52. The Morgan fingerprint density at radius 2 is 0.923 bits per heavy atom. The Morgan fingerprint density at radius 1 is 0.308 bits per heavy atom. The summed E-state index contributed by atoms with van der Waals surface area (Å²) in [5.41, 5.74) is 16.2. The van der Waals surface area contributed by atoms with Gasteiger partial charge in [0.15, 0.2) is 0 Å². The van der Waals surface area contributed by atoms with E-state index < -0.39 is 5.41 Å². The molecule has 0 bridgehead atoms. The number of hydrogen-bond donors (Lipinski definition) is 0. The van der Waals surface area contributed by atoms with E-state index in [2.05, 4.69) is 205 Å². The monoisotopic (exact) mass is 659 g/mol. The fraction of sp³-hybridized carbons (Fsp3) is 0.0196. The zero-order chi connectivity index (χ0) is 34.2. The Bertz CT molecular complexity index is 2800. The molecular weight excluding hydrogens is 627 g/mol. The van der Waals surface area contributed by atoms with Crippen molar-refractivity contribution in [3.63, 3.8) is 0 Å². The van der Waals surface area contributed by atoms with Gasteiger partial charge in [-0.1, -0.05) is 152 Å². The highest BCUT2D eigenvalue weighted by Crippen LogP contribution is 2.64. The van der Waals surface area contributed by atoms with Crippen molar-refractivity contribution >= 4 is 38.6 Å². The second-order valence-electron chi connectivity index (χ2n) is 14.1. The van der Waals surface area contributed by atoms with E-state index in [0.717, 1.165) is 17.1 Å². The van der Waals surface area contributed by atoms with E-state index in [0.29, 0.717) is 0 Å². The molecule has 1 heteroatoms. The minimum Gasteiger partial charge on any atom is -0.310 e. The van der Waals surface area contributed by atoms with Crippen molar-refractivity contribution in [1.29, 1.82) is 0 Å². The number of hydrogen-bond acceptors (Lipinski definition) is 1. The topological polar surface area (TPSA) is 3.24 Å². The second kappa shape index (κ2) is 11.2.